The predicted octanol–water partition coefficient (Wildman–Crippen LogP) is 5.79. The van der Waals surface area contributed by atoms with Crippen LogP contribution in [0.2, 0.25) is 10.0 Å². The third-order valence-corrected chi connectivity index (χ3v) is 7.26. The number of hydrogen-bond acceptors (Lipinski definition) is 3. The molecule has 0 saturated carbocycles. The molecule has 1 atom stereocenters. The average Bonchev–Trinajstić information content (AvgIpc) is 2.85. The molecule has 1 heterocycles. The fourth-order valence-electron chi connectivity index (χ4n) is 4.54. The zero-order chi connectivity index (χ0) is 23.4. The van der Waals surface area contributed by atoms with Crippen LogP contribution < -0.4 is 0 Å². The van der Waals surface area contributed by atoms with Gasteiger partial charge in [-0.2, -0.15) is 0 Å². The van der Waals surface area contributed by atoms with Crippen LogP contribution in [-0.2, 0) is 5.60 Å². The third kappa shape index (κ3) is 5.42. The number of benzene rings is 3. The Hall–Kier alpha value is -2.37. The van der Waals surface area contributed by atoms with Gasteiger partial charge in [0, 0.05) is 32.2 Å². The van der Waals surface area contributed by atoms with E-state index < -0.39 is 5.60 Å². The van der Waals surface area contributed by atoms with E-state index in [9.17, 15) is 9.90 Å². The minimum atomic E-state index is -0.842. The van der Waals surface area contributed by atoms with Crippen LogP contribution in [0.3, 0.4) is 0 Å². The number of likely N-dealkylation sites (N-methyl/N-ethyl adjacent to an activating group) is 1. The van der Waals surface area contributed by atoms with Crippen molar-refractivity contribution >= 4 is 29.1 Å². The minimum absolute atomic E-state index is 0.0292. The van der Waals surface area contributed by atoms with E-state index in [2.05, 4.69) is 4.90 Å². The number of amides is 1. The van der Waals surface area contributed by atoms with E-state index >= 15 is 0 Å². The van der Waals surface area contributed by atoms with Gasteiger partial charge in [-0.05, 0) is 48.2 Å². The number of aliphatic hydroxyl groups is 1. The highest BCUT2D eigenvalue weighted by atomic mass is 35.5. The quantitative estimate of drug-likeness (QED) is 0.483. The highest BCUT2D eigenvalue weighted by molar-refractivity contribution is 6.42. The van der Waals surface area contributed by atoms with Crippen molar-refractivity contribution in [3.05, 3.63) is 106 Å². The van der Waals surface area contributed by atoms with E-state index in [1.165, 1.54) is 0 Å². The van der Waals surface area contributed by atoms with Crippen LogP contribution in [-0.4, -0.2) is 47.5 Å². The van der Waals surface area contributed by atoms with Crippen molar-refractivity contribution in [3.8, 4) is 0 Å². The molecular weight excluding hydrogens is 455 g/mol. The van der Waals surface area contributed by atoms with E-state index in [1.54, 1.807) is 11.0 Å². The Balaban J connectivity index is 1.56. The fourth-order valence-corrected chi connectivity index (χ4v) is 4.84. The van der Waals surface area contributed by atoms with Crippen molar-refractivity contribution in [1.29, 1.82) is 0 Å². The molecule has 33 heavy (non-hydrogen) atoms. The van der Waals surface area contributed by atoms with Crippen molar-refractivity contribution in [2.24, 2.45) is 0 Å². The SMILES string of the molecule is CN(CC(c1ccc(Cl)c(Cl)c1)N1CCC(O)(c2ccccc2)CC1)C(=O)c1ccccc1. The van der Waals surface area contributed by atoms with Gasteiger partial charge in [-0.3, -0.25) is 9.69 Å². The molecule has 1 fully saturated rings. The highest BCUT2D eigenvalue weighted by Crippen LogP contribution is 2.37. The molecule has 4 rings (SSSR count). The van der Waals surface area contributed by atoms with Crippen LogP contribution in [0.25, 0.3) is 0 Å². The first-order chi connectivity index (χ1) is 15.9. The van der Waals surface area contributed by atoms with E-state index in [-0.39, 0.29) is 11.9 Å². The molecule has 1 saturated heterocycles. The molecule has 0 radical (unpaired) electrons. The smallest absolute Gasteiger partial charge is 0.253 e. The van der Waals surface area contributed by atoms with Crippen LogP contribution in [0.5, 0.6) is 0 Å². The van der Waals surface area contributed by atoms with Crippen molar-refractivity contribution in [1.82, 2.24) is 9.80 Å². The summed E-state index contributed by atoms with van der Waals surface area (Å²) in [6.07, 6.45) is 1.23. The Labute approximate surface area is 205 Å². The maximum Gasteiger partial charge on any atom is 0.253 e. The summed E-state index contributed by atoms with van der Waals surface area (Å²) in [6, 6.07) is 24.7. The summed E-state index contributed by atoms with van der Waals surface area (Å²) < 4.78 is 0. The zero-order valence-corrected chi connectivity index (χ0v) is 20.1. The monoisotopic (exact) mass is 482 g/mol. The van der Waals surface area contributed by atoms with E-state index in [0.29, 0.717) is 48.1 Å². The van der Waals surface area contributed by atoms with Gasteiger partial charge in [-0.15, -0.1) is 0 Å². The van der Waals surface area contributed by atoms with E-state index in [0.717, 1.165) is 11.1 Å². The number of carbonyl (C=O) groups excluding carboxylic acids is 1. The van der Waals surface area contributed by atoms with Crippen LogP contribution in [0.4, 0.5) is 0 Å². The fraction of sp³-hybridized carbons (Fsp3) is 0.296. The summed E-state index contributed by atoms with van der Waals surface area (Å²) in [5.41, 5.74) is 1.77. The second kappa shape index (κ2) is 10.3. The van der Waals surface area contributed by atoms with Gasteiger partial charge in [0.25, 0.3) is 5.91 Å². The lowest BCUT2D eigenvalue weighted by molar-refractivity contribution is -0.0383. The third-order valence-electron chi connectivity index (χ3n) is 6.52. The van der Waals surface area contributed by atoms with Gasteiger partial charge in [0.15, 0.2) is 0 Å². The maximum atomic E-state index is 13.0. The Morgan fingerprint density at radius 3 is 2.18 bits per heavy atom. The number of carbonyl (C=O) groups is 1. The molecule has 3 aromatic rings. The van der Waals surface area contributed by atoms with Gasteiger partial charge in [0.05, 0.1) is 21.7 Å². The molecule has 1 amide bonds. The molecule has 4 nitrogen and oxygen atoms in total. The molecule has 1 unspecified atom stereocenters. The number of likely N-dealkylation sites (tertiary alicyclic amines) is 1. The van der Waals surface area contributed by atoms with Crippen LogP contribution in [0.1, 0.15) is 40.4 Å². The van der Waals surface area contributed by atoms with Gasteiger partial charge in [-0.1, -0.05) is 77.8 Å². The standard InChI is InChI=1S/C27H28Cl2N2O2/c1-30(26(32)20-8-4-2-5-9-20)19-25(21-12-13-23(28)24(29)18-21)31-16-14-27(33,15-17-31)22-10-6-3-7-11-22/h2-13,18,25,33H,14-17,19H2,1H3. The lowest BCUT2D eigenvalue weighted by atomic mass is 9.83. The van der Waals surface area contributed by atoms with Gasteiger partial charge in [-0.25, -0.2) is 0 Å². The highest BCUT2D eigenvalue weighted by Gasteiger charge is 2.37. The Morgan fingerprint density at radius 1 is 0.970 bits per heavy atom. The number of piperidine rings is 1. The maximum absolute atomic E-state index is 13.0. The van der Waals surface area contributed by atoms with Gasteiger partial charge < -0.3 is 10.0 Å². The summed E-state index contributed by atoms with van der Waals surface area (Å²) in [7, 11) is 1.82. The van der Waals surface area contributed by atoms with Crippen LogP contribution in [0.15, 0.2) is 78.9 Å². The Bertz CT molecular complexity index is 1080. The molecule has 0 aromatic heterocycles. The van der Waals surface area contributed by atoms with Gasteiger partial charge >= 0.3 is 0 Å². The van der Waals surface area contributed by atoms with E-state index in [1.807, 2.05) is 79.8 Å². The van der Waals surface area contributed by atoms with Crippen molar-refractivity contribution in [2.75, 3.05) is 26.7 Å². The first-order valence-electron chi connectivity index (χ1n) is 11.1. The molecule has 0 bridgehead atoms. The molecule has 1 aliphatic rings. The molecule has 0 spiro atoms. The van der Waals surface area contributed by atoms with Crippen LogP contribution in [0, 0.1) is 0 Å². The normalized spacial score (nSPS) is 16.8. The zero-order valence-electron chi connectivity index (χ0n) is 18.6. The molecule has 3 aromatic carbocycles. The predicted molar refractivity (Wildman–Crippen MR) is 134 cm³/mol. The number of nitrogens with zero attached hydrogens (tertiary/aromatic N) is 2. The molecule has 6 heteroatoms. The molecule has 1 aliphatic heterocycles. The summed E-state index contributed by atoms with van der Waals surface area (Å²) >= 11 is 12.5. The molecular formula is C27H28Cl2N2O2. The van der Waals surface area contributed by atoms with Crippen molar-refractivity contribution in [2.45, 2.75) is 24.5 Å². The minimum Gasteiger partial charge on any atom is -0.385 e. The number of hydrogen-bond donors (Lipinski definition) is 1. The summed E-state index contributed by atoms with van der Waals surface area (Å²) in [6.45, 7) is 1.89. The van der Waals surface area contributed by atoms with Gasteiger partial charge in [0.2, 0.25) is 0 Å². The first kappa shape index (κ1) is 23.8. The second-order valence-electron chi connectivity index (χ2n) is 8.67. The average molecular weight is 483 g/mol. The first-order valence-corrected chi connectivity index (χ1v) is 11.9. The molecule has 172 valence electrons. The summed E-state index contributed by atoms with van der Waals surface area (Å²) in [4.78, 5) is 17.1. The second-order valence-corrected chi connectivity index (χ2v) is 9.49. The summed E-state index contributed by atoms with van der Waals surface area (Å²) in [5.74, 6) is -0.0292. The topological polar surface area (TPSA) is 43.8 Å². The Morgan fingerprint density at radius 2 is 1.58 bits per heavy atom. The van der Waals surface area contributed by atoms with Gasteiger partial charge in [0.1, 0.15) is 0 Å². The molecule has 0 aliphatic carbocycles. The molecule has 1 N–H and O–H groups in total. The Kier molecular flexibility index (Phi) is 7.40. The van der Waals surface area contributed by atoms with E-state index in [4.69, 9.17) is 23.2 Å². The largest absolute Gasteiger partial charge is 0.385 e. The van der Waals surface area contributed by atoms with Crippen molar-refractivity contribution < 1.29 is 9.90 Å². The van der Waals surface area contributed by atoms with Crippen LogP contribution >= 0.6 is 23.2 Å². The number of halogens is 2. The van der Waals surface area contributed by atoms with Crippen molar-refractivity contribution in [3.63, 3.8) is 0 Å². The lowest BCUT2D eigenvalue weighted by Gasteiger charge is -2.43. The summed E-state index contributed by atoms with van der Waals surface area (Å²) in [5, 5.41) is 12.3. The number of rotatable bonds is 6. The lowest BCUT2D eigenvalue weighted by Crippen LogP contribution is -2.47.